The van der Waals surface area contributed by atoms with Crippen molar-refractivity contribution in [1.29, 1.82) is 0 Å². The first-order valence-electron chi connectivity index (χ1n) is 7.36. The third kappa shape index (κ3) is 2.72. The Labute approximate surface area is 121 Å². The minimum atomic E-state index is 0.156. The molecule has 1 aliphatic heterocycles. The van der Waals surface area contributed by atoms with Gasteiger partial charge in [0.2, 0.25) is 0 Å². The molecule has 2 aliphatic rings. The summed E-state index contributed by atoms with van der Waals surface area (Å²) in [6.07, 6.45) is 4.70. The molecule has 1 aromatic rings. The van der Waals surface area contributed by atoms with Crippen LogP contribution >= 0.6 is 0 Å². The van der Waals surface area contributed by atoms with E-state index in [1.165, 1.54) is 11.1 Å². The van der Waals surface area contributed by atoms with Crippen LogP contribution < -0.4 is 0 Å². The lowest BCUT2D eigenvalue weighted by molar-refractivity contribution is -0.000465. The summed E-state index contributed by atoms with van der Waals surface area (Å²) in [5.74, 6) is 1.37. The summed E-state index contributed by atoms with van der Waals surface area (Å²) in [6.45, 7) is 8.57. The standard InChI is InChI=1S/C18H22O2/c1-13-8-9-16-11-20-17(18(16)14(13)2)12-19-10-15-6-4-3-5-7-15/h3-9,13,16-18H,2,10-12H2,1H3/t13-,16-,17+,18-/m0/s1. The molecule has 0 spiro atoms. The highest BCUT2D eigenvalue weighted by molar-refractivity contribution is 5.23. The van der Waals surface area contributed by atoms with Gasteiger partial charge in [0.1, 0.15) is 0 Å². The molecular formula is C18H22O2. The van der Waals surface area contributed by atoms with Crippen LogP contribution in [0.2, 0.25) is 0 Å². The van der Waals surface area contributed by atoms with Crippen molar-refractivity contribution in [1.82, 2.24) is 0 Å². The molecule has 3 rings (SSSR count). The van der Waals surface area contributed by atoms with E-state index in [-0.39, 0.29) is 6.10 Å². The Morgan fingerprint density at radius 3 is 2.85 bits per heavy atom. The van der Waals surface area contributed by atoms with E-state index >= 15 is 0 Å². The Bertz CT molecular complexity index is 491. The Morgan fingerprint density at radius 1 is 1.25 bits per heavy atom. The molecule has 2 nitrogen and oxygen atoms in total. The summed E-state index contributed by atoms with van der Waals surface area (Å²) in [5.41, 5.74) is 2.50. The molecule has 0 N–H and O–H groups in total. The van der Waals surface area contributed by atoms with Gasteiger partial charge in [-0.2, -0.15) is 0 Å². The Morgan fingerprint density at radius 2 is 2.05 bits per heavy atom. The fourth-order valence-electron chi connectivity index (χ4n) is 3.16. The first kappa shape index (κ1) is 13.6. The summed E-state index contributed by atoms with van der Waals surface area (Å²) in [5, 5.41) is 0. The molecule has 1 heterocycles. The molecule has 4 atom stereocenters. The highest BCUT2D eigenvalue weighted by atomic mass is 16.5. The SMILES string of the molecule is C=C1[C@H]2[C@@H](C=C[C@@H]1C)CO[C@@H]2COCc1ccccc1. The fraction of sp³-hybridized carbons (Fsp3) is 0.444. The maximum Gasteiger partial charge on any atom is 0.0880 e. The quantitative estimate of drug-likeness (QED) is 0.778. The fourth-order valence-corrected chi connectivity index (χ4v) is 3.16. The third-order valence-corrected chi connectivity index (χ3v) is 4.42. The van der Waals surface area contributed by atoms with E-state index in [0.717, 1.165) is 6.61 Å². The zero-order valence-corrected chi connectivity index (χ0v) is 12.0. The average molecular weight is 270 g/mol. The van der Waals surface area contributed by atoms with Crippen molar-refractivity contribution < 1.29 is 9.47 Å². The molecule has 0 saturated carbocycles. The highest BCUT2D eigenvalue weighted by Crippen LogP contribution is 2.40. The van der Waals surface area contributed by atoms with Crippen LogP contribution in [0.25, 0.3) is 0 Å². The predicted octanol–water partition coefficient (Wildman–Crippen LogP) is 3.60. The van der Waals surface area contributed by atoms with Gasteiger partial charge in [-0.15, -0.1) is 0 Å². The Hall–Kier alpha value is -1.38. The normalized spacial score (nSPS) is 32.4. The molecule has 1 aromatic carbocycles. The lowest BCUT2D eigenvalue weighted by Gasteiger charge is -2.29. The van der Waals surface area contributed by atoms with E-state index < -0.39 is 0 Å². The van der Waals surface area contributed by atoms with Gasteiger partial charge in [-0.3, -0.25) is 0 Å². The van der Waals surface area contributed by atoms with Crippen LogP contribution in [0.3, 0.4) is 0 Å². The molecule has 1 saturated heterocycles. The monoisotopic (exact) mass is 270 g/mol. The van der Waals surface area contributed by atoms with Crippen LogP contribution in [0.4, 0.5) is 0 Å². The van der Waals surface area contributed by atoms with Gasteiger partial charge in [-0.25, -0.2) is 0 Å². The van der Waals surface area contributed by atoms with Gasteiger partial charge in [-0.05, 0) is 11.5 Å². The van der Waals surface area contributed by atoms with Crippen LogP contribution in [-0.2, 0) is 16.1 Å². The van der Waals surface area contributed by atoms with E-state index in [1.54, 1.807) is 0 Å². The minimum Gasteiger partial charge on any atom is -0.375 e. The van der Waals surface area contributed by atoms with Crippen molar-refractivity contribution in [3.05, 3.63) is 60.2 Å². The van der Waals surface area contributed by atoms with Gasteiger partial charge >= 0.3 is 0 Å². The third-order valence-electron chi connectivity index (χ3n) is 4.42. The van der Waals surface area contributed by atoms with Gasteiger partial charge in [0, 0.05) is 11.8 Å². The van der Waals surface area contributed by atoms with E-state index in [0.29, 0.717) is 31.0 Å². The Kier molecular flexibility index (Phi) is 4.04. The number of rotatable bonds is 4. The molecule has 0 amide bonds. The van der Waals surface area contributed by atoms with Crippen LogP contribution in [0, 0.1) is 17.8 Å². The number of benzene rings is 1. The second-order valence-electron chi connectivity index (χ2n) is 5.81. The summed E-state index contributed by atoms with van der Waals surface area (Å²) in [4.78, 5) is 0. The van der Waals surface area contributed by atoms with Crippen molar-refractivity contribution in [2.75, 3.05) is 13.2 Å². The van der Waals surface area contributed by atoms with Crippen molar-refractivity contribution in [2.45, 2.75) is 19.6 Å². The van der Waals surface area contributed by atoms with Gasteiger partial charge < -0.3 is 9.47 Å². The summed E-state index contributed by atoms with van der Waals surface area (Å²) < 4.78 is 11.8. The molecule has 1 fully saturated rings. The van der Waals surface area contributed by atoms with Gasteiger partial charge in [0.15, 0.2) is 0 Å². The number of fused-ring (bicyclic) bond motifs is 1. The van der Waals surface area contributed by atoms with Crippen molar-refractivity contribution in [2.24, 2.45) is 17.8 Å². The van der Waals surface area contributed by atoms with Crippen molar-refractivity contribution in [3.63, 3.8) is 0 Å². The second kappa shape index (κ2) is 5.94. The zero-order chi connectivity index (χ0) is 13.9. The molecular weight excluding hydrogens is 248 g/mol. The zero-order valence-electron chi connectivity index (χ0n) is 12.0. The van der Waals surface area contributed by atoms with E-state index in [1.807, 2.05) is 18.2 Å². The number of hydrogen-bond donors (Lipinski definition) is 0. The lowest BCUT2D eigenvalue weighted by Crippen LogP contribution is -2.30. The lowest BCUT2D eigenvalue weighted by atomic mass is 9.75. The van der Waals surface area contributed by atoms with E-state index in [4.69, 9.17) is 9.47 Å². The molecule has 106 valence electrons. The minimum absolute atomic E-state index is 0.156. The smallest absolute Gasteiger partial charge is 0.0880 e. The maximum absolute atomic E-state index is 5.92. The summed E-state index contributed by atoms with van der Waals surface area (Å²) in [7, 11) is 0. The summed E-state index contributed by atoms with van der Waals surface area (Å²) in [6, 6.07) is 10.3. The number of ether oxygens (including phenoxy) is 2. The number of hydrogen-bond acceptors (Lipinski definition) is 2. The molecule has 2 heteroatoms. The van der Waals surface area contributed by atoms with E-state index in [9.17, 15) is 0 Å². The van der Waals surface area contributed by atoms with E-state index in [2.05, 4.69) is 37.8 Å². The highest BCUT2D eigenvalue weighted by Gasteiger charge is 2.40. The molecule has 0 bridgehead atoms. The van der Waals surface area contributed by atoms with Gasteiger partial charge in [0.05, 0.1) is 25.9 Å². The molecule has 0 unspecified atom stereocenters. The van der Waals surface area contributed by atoms with Crippen LogP contribution in [0.1, 0.15) is 12.5 Å². The predicted molar refractivity (Wildman–Crippen MR) is 80.3 cm³/mol. The Balaban J connectivity index is 1.56. The molecule has 1 aliphatic carbocycles. The molecule has 0 aromatic heterocycles. The van der Waals surface area contributed by atoms with Crippen LogP contribution in [0.5, 0.6) is 0 Å². The van der Waals surface area contributed by atoms with Gasteiger partial charge in [-0.1, -0.05) is 61.6 Å². The van der Waals surface area contributed by atoms with Crippen LogP contribution in [-0.4, -0.2) is 19.3 Å². The first-order valence-corrected chi connectivity index (χ1v) is 7.36. The molecule has 0 radical (unpaired) electrons. The molecule has 20 heavy (non-hydrogen) atoms. The second-order valence-corrected chi connectivity index (χ2v) is 5.81. The number of allylic oxidation sites excluding steroid dienone is 1. The summed E-state index contributed by atoms with van der Waals surface area (Å²) >= 11 is 0. The van der Waals surface area contributed by atoms with Crippen LogP contribution in [0.15, 0.2) is 54.6 Å². The van der Waals surface area contributed by atoms with Gasteiger partial charge in [0.25, 0.3) is 0 Å². The average Bonchev–Trinajstić information content (AvgIpc) is 2.88. The van der Waals surface area contributed by atoms with Crippen molar-refractivity contribution >= 4 is 0 Å². The largest absolute Gasteiger partial charge is 0.375 e. The van der Waals surface area contributed by atoms with Crippen molar-refractivity contribution in [3.8, 4) is 0 Å². The topological polar surface area (TPSA) is 18.5 Å². The maximum atomic E-state index is 5.92. The first-order chi connectivity index (χ1) is 9.75.